The summed E-state index contributed by atoms with van der Waals surface area (Å²) < 4.78 is 21.3. The van der Waals surface area contributed by atoms with Crippen molar-refractivity contribution in [2.24, 2.45) is 0 Å². The van der Waals surface area contributed by atoms with Crippen LogP contribution in [0.15, 0.2) is 18.2 Å². The number of phenolic OH excluding ortho intramolecular Hbond substituents is 12. The van der Waals surface area contributed by atoms with Crippen LogP contribution in [-0.2, 0) is 18.9 Å². The minimum atomic E-state index is -2.55. The molecule has 4 heterocycles. The Labute approximate surface area is 307 Å². The van der Waals surface area contributed by atoms with Crippen molar-refractivity contribution < 1.29 is 110 Å². The Hall–Kier alpha value is -7.72. The standard InChI is InChI=1S/C34H24O22/c35-8-1-5-12(21(42)18(8)39)13-6(2-9(36)19(40)22(13)43)32(50)54-28(11(38)4-53-31(5)49)30-29-26(47)17-16(34(52)55-29)15(24(45)27(48)25(17)46)14-7(33(51)56-30)3-10(37)20(41)23(14)44/h1-3,11,26,28-30,35-48H,4H2/t11-,26+,28-,29+,30-/m1/s1. The lowest BCUT2D eigenvalue weighted by molar-refractivity contribution is -0.153. The summed E-state index contributed by atoms with van der Waals surface area (Å²) in [5, 5.41) is 150. The van der Waals surface area contributed by atoms with Crippen LogP contribution in [0.4, 0.5) is 0 Å². The van der Waals surface area contributed by atoms with Crippen molar-refractivity contribution in [2.45, 2.75) is 30.5 Å². The maximum atomic E-state index is 14.1. The van der Waals surface area contributed by atoms with Gasteiger partial charge in [-0.05, 0) is 18.2 Å². The molecule has 4 aliphatic heterocycles. The zero-order chi connectivity index (χ0) is 41.0. The molecule has 0 aromatic heterocycles. The Balaban J connectivity index is 1.48. The van der Waals surface area contributed by atoms with Crippen molar-refractivity contribution in [1.82, 2.24) is 0 Å². The van der Waals surface area contributed by atoms with Crippen molar-refractivity contribution in [3.05, 3.63) is 46.0 Å². The highest BCUT2D eigenvalue weighted by molar-refractivity contribution is 6.11. The minimum absolute atomic E-state index is 0.403. The van der Waals surface area contributed by atoms with E-state index in [-0.39, 0.29) is 0 Å². The van der Waals surface area contributed by atoms with Gasteiger partial charge < -0.3 is 90.4 Å². The molecule has 4 aromatic carbocycles. The smallest absolute Gasteiger partial charge is 0.339 e. The third-order valence-corrected chi connectivity index (χ3v) is 9.33. The lowest BCUT2D eigenvalue weighted by atomic mass is 9.82. The second-order valence-corrected chi connectivity index (χ2v) is 12.5. The lowest BCUT2D eigenvalue weighted by Crippen LogP contribution is -2.55. The molecule has 0 aliphatic carbocycles. The van der Waals surface area contributed by atoms with Crippen LogP contribution in [0.25, 0.3) is 22.3 Å². The summed E-state index contributed by atoms with van der Waals surface area (Å²) in [5.74, 6) is -22.9. The van der Waals surface area contributed by atoms with Crippen molar-refractivity contribution >= 4 is 23.9 Å². The number of fused-ring (bicyclic) bond motifs is 6. The van der Waals surface area contributed by atoms with Crippen molar-refractivity contribution in [3.63, 3.8) is 0 Å². The molecule has 4 bridgehead atoms. The van der Waals surface area contributed by atoms with Crippen molar-refractivity contribution in [2.75, 3.05) is 6.61 Å². The average molecular weight is 785 g/mol. The number of ether oxygens (including phenoxy) is 4. The van der Waals surface area contributed by atoms with Gasteiger partial charge in [-0.25, -0.2) is 19.2 Å². The number of hydrogen-bond acceptors (Lipinski definition) is 22. The Kier molecular flexibility index (Phi) is 8.13. The summed E-state index contributed by atoms with van der Waals surface area (Å²) in [6.45, 7) is -1.31. The highest BCUT2D eigenvalue weighted by Gasteiger charge is 2.53. The zero-order valence-electron chi connectivity index (χ0n) is 27.4. The molecule has 4 aliphatic rings. The van der Waals surface area contributed by atoms with E-state index in [0.29, 0.717) is 18.2 Å². The number of aliphatic hydroxyl groups is 2. The number of rotatable bonds is 1. The van der Waals surface area contributed by atoms with Gasteiger partial charge in [0, 0.05) is 27.8 Å². The number of phenols is 12. The Bertz CT molecular complexity index is 2470. The average Bonchev–Trinajstić information content (AvgIpc) is 3.16. The number of hydrogen-bond donors (Lipinski definition) is 14. The summed E-state index contributed by atoms with van der Waals surface area (Å²) >= 11 is 0. The van der Waals surface area contributed by atoms with Gasteiger partial charge in [-0.1, -0.05) is 0 Å². The van der Waals surface area contributed by atoms with Crippen LogP contribution in [-0.4, -0.2) is 126 Å². The summed E-state index contributed by atoms with van der Waals surface area (Å²) in [4.78, 5) is 55.1. The Morgan fingerprint density at radius 1 is 0.411 bits per heavy atom. The van der Waals surface area contributed by atoms with Gasteiger partial charge in [0.25, 0.3) is 0 Å². The molecule has 56 heavy (non-hydrogen) atoms. The molecular formula is C34H24O22. The lowest BCUT2D eigenvalue weighted by Gasteiger charge is -2.40. The van der Waals surface area contributed by atoms with Gasteiger partial charge in [-0.3, -0.25) is 0 Å². The van der Waals surface area contributed by atoms with E-state index in [4.69, 9.17) is 18.9 Å². The van der Waals surface area contributed by atoms with Crippen molar-refractivity contribution in [3.8, 4) is 91.2 Å². The first-order valence-corrected chi connectivity index (χ1v) is 15.6. The summed E-state index contributed by atoms with van der Waals surface area (Å²) in [7, 11) is 0. The van der Waals surface area contributed by atoms with Gasteiger partial charge in [0.2, 0.25) is 23.0 Å². The van der Waals surface area contributed by atoms with Crippen LogP contribution in [0.5, 0.6) is 69.0 Å². The van der Waals surface area contributed by atoms with E-state index in [0.717, 1.165) is 0 Å². The molecule has 14 N–H and O–H groups in total. The Morgan fingerprint density at radius 3 is 1.29 bits per heavy atom. The monoisotopic (exact) mass is 784 g/mol. The molecule has 22 nitrogen and oxygen atoms in total. The number of carbonyl (C=O) groups is 4. The first kappa shape index (κ1) is 36.6. The molecular weight excluding hydrogens is 760 g/mol. The summed E-state index contributed by atoms with van der Waals surface area (Å²) in [6.07, 6.45) is -12.4. The first-order chi connectivity index (χ1) is 26.3. The molecule has 0 radical (unpaired) electrons. The van der Waals surface area contributed by atoms with Gasteiger partial charge in [-0.15, -0.1) is 0 Å². The fourth-order valence-corrected chi connectivity index (χ4v) is 6.70. The number of aromatic hydroxyl groups is 12. The third kappa shape index (κ3) is 5.03. The number of aliphatic hydroxyl groups excluding tert-OH is 2. The first-order valence-electron chi connectivity index (χ1n) is 15.6. The quantitative estimate of drug-likeness (QED) is 0.0703. The van der Waals surface area contributed by atoms with Crippen molar-refractivity contribution in [1.29, 1.82) is 0 Å². The van der Waals surface area contributed by atoms with Crippen LogP contribution in [0.3, 0.4) is 0 Å². The molecule has 8 rings (SSSR count). The molecule has 292 valence electrons. The minimum Gasteiger partial charge on any atom is -0.504 e. The molecule has 0 saturated heterocycles. The number of benzene rings is 4. The maximum absolute atomic E-state index is 14.1. The highest BCUT2D eigenvalue weighted by Crippen LogP contribution is 2.58. The van der Waals surface area contributed by atoms with Crippen LogP contribution in [0, 0.1) is 0 Å². The van der Waals surface area contributed by atoms with E-state index >= 15 is 0 Å². The topological polar surface area (TPSA) is 388 Å². The molecule has 0 amide bonds. The van der Waals surface area contributed by atoms with E-state index in [9.17, 15) is 90.7 Å². The van der Waals surface area contributed by atoms with Gasteiger partial charge in [-0.2, -0.15) is 0 Å². The summed E-state index contributed by atoms with van der Waals surface area (Å²) in [5.41, 5.74) is -9.23. The normalized spacial score (nSPS) is 21.6. The largest absolute Gasteiger partial charge is 0.504 e. The fraction of sp³-hybridized carbons (Fsp3) is 0.176. The van der Waals surface area contributed by atoms with Gasteiger partial charge >= 0.3 is 23.9 Å². The molecule has 22 heteroatoms. The number of cyclic esters (lactones) is 2. The summed E-state index contributed by atoms with van der Waals surface area (Å²) in [6, 6.07) is 1.33. The SMILES string of the molecule is O=C1OC[C@@H](O)[C@H]([C@H]2OC(=O)c3cc(O)c(O)c(O)c3-c3c(O)c(O)c(O)c4c3C(=O)O[C@H]2[C@H]4O)OC(=O)c2cc(O)c(O)c(O)c2-c2c1cc(O)c(O)c2O. The van der Waals surface area contributed by atoms with Gasteiger partial charge in [0.05, 0.1) is 22.3 Å². The van der Waals surface area contributed by atoms with E-state index in [1.807, 2.05) is 0 Å². The predicted octanol–water partition coefficient (Wildman–Crippen LogP) is 0.356. The van der Waals surface area contributed by atoms with Crippen LogP contribution >= 0.6 is 0 Å². The molecule has 4 aromatic rings. The molecule has 0 spiro atoms. The second-order valence-electron chi connectivity index (χ2n) is 12.5. The predicted molar refractivity (Wildman–Crippen MR) is 173 cm³/mol. The molecule has 0 saturated carbocycles. The molecule has 0 fully saturated rings. The van der Waals surface area contributed by atoms with Gasteiger partial charge in [0.1, 0.15) is 18.8 Å². The number of esters is 4. The Morgan fingerprint density at radius 2 is 0.804 bits per heavy atom. The van der Waals surface area contributed by atoms with Gasteiger partial charge in [0.15, 0.2) is 64.3 Å². The van der Waals surface area contributed by atoms with Crippen LogP contribution in [0.1, 0.15) is 53.1 Å². The van der Waals surface area contributed by atoms with E-state index in [2.05, 4.69) is 0 Å². The zero-order valence-corrected chi connectivity index (χ0v) is 27.4. The molecule has 5 atom stereocenters. The third-order valence-electron chi connectivity index (χ3n) is 9.33. The van der Waals surface area contributed by atoms with E-state index < -0.39 is 180 Å². The number of carbonyl (C=O) groups excluding carboxylic acids is 4. The second kappa shape index (κ2) is 12.4. The maximum Gasteiger partial charge on any atom is 0.339 e. The highest BCUT2D eigenvalue weighted by atomic mass is 16.6. The fourth-order valence-electron chi connectivity index (χ4n) is 6.70. The molecule has 0 unspecified atom stereocenters. The van der Waals surface area contributed by atoms with E-state index in [1.54, 1.807) is 0 Å². The van der Waals surface area contributed by atoms with Crippen LogP contribution < -0.4 is 0 Å². The van der Waals surface area contributed by atoms with E-state index in [1.165, 1.54) is 0 Å². The van der Waals surface area contributed by atoms with Crippen LogP contribution in [0.2, 0.25) is 0 Å².